The average Bonchev–Trinajstić information content (AvgIpc) is 3.21. The summed E-state index contributed by atoms with van der Waals surface area (Å²) in [5, 5.41) is 37.1. The smallest absolute Gasteiger partial charge is 0.448 e. The lowest BCUT2D eigenvalue weighted by molar-refractivity contribution is -0.183. The number of carbonyl (C=O) groups is 2. The Kier molecular flexibility index (Phi) is 5.85. The number of rotatable bonds is 1. The third-order valence-electron chi connectivity index (χ3n) is 6.33. The van der Waals surface area contributed by atoms with Crippen molar-refractivity contribution in [2.24, 2.45) is 5.92 Å². The van der Waals surface area contributed by atoms with E-state index >= 15 is 0 Å². The van der Waals surface area contributed by atoms with Gasteiger partial charge in [0.15, 0.2) is 17.4 Å². The van der Waals surface area contributed by atoms with Crippen molar-refractivity contribution in [3.8, 4) is 11.5 Å². The zero-order valence-corrected chi connectivity index (χ0v) is 17.9. The Morgan fingerprint density at radius 1 is 0.938 bits per heavy atom. The molecule has 0 saturated carbocycles. The van der Waals surface area contributed by atoms with Crippen LogP contribution in [-0.2, 0) is 22.3 Å². The van der Waals surface area contributed by atoms with Crippen LogP contribution < -0.4 is 0 Å². The fourth-order valence-electron chi connectivity index (χ4n) is 4.78. The Bertz CT molecular complexity index is 1090. The lowest BCUT2D eigenvalue weighted by Crippen LogP contribution is -2.39. The van der Waals surface area contributed by atoms with E-state index in [1.165, 1.54) is 6.82 Å². The van der Waals surface area contributed by atoms with Gasteiger partial charge in [0.1, 0.15) is 11.5 Å². The van der Waals surface area contributed by atoms with E-state index in [-0.39, 0.29) is 39.7 Å². The number of benzene rings is 2. The topological polar surface area (TPSA) is 134 Å². The van der Waals surface area contributed by atoms with Gasteiger partial charge in [-0.25, -0.2) is 0 Å². The third kappa shape index (κ3) is 3.61. The molecule has 3 aliphatic rings. The van der Waals surface area contributed by atoms with Gasteiger partial charge in [0.2, 0.25) is 0 Å². The number of ketones is 2. The van der Waals surface area contributed by atoms with Gasteiger partial charge >= 0.3 is 7.12 Å². The number of aromatic hydroxyl groups is 2. The Labute approximate surface area is 185 Å². The molecule has 8 nitrogen and oxygen atoms in total. The predicted octanol–water partition coefficient (Wildman–Crippen LogP) is 1.83. The van der Waals surface area contributed by atoms with Crippen molar-refractivity contribution in [3.63, 3.8) is 0 Å². The normalized spacial score (nSPS) is 20.6. The molecule has 1 aliphatic heterocycles. The van der Waals surface area contributed by atoms with Gasteiger partial charge in [-0.2, -0.15) is 0 Å². The molecule has 9 heteroatoms. The monoisotopic (exact) mass is 440 g/mol. The van der Waals surface area contributed by atoms with Crippen LogP contribution in [0.4, 0.5) is 0 Å². The van der Waals surface area contributed by atoms with E-state index in [1.807, 2.05) is 6.92 Å². The second-order valence-electron chi connectivity index (χ2n) is 8.39. The number of fused-ring (bicyclic) bond motifs is 3. The SMILES string of the molecule is CB(O)O.CC1(C2CCc3c(O)c4c(c(O)c3C2)C(=O)c2ccccc2C4=O)OCCO1. The van der Waals surface area contributed by atoms with Crippen LogP contribution >= 0.6 is 0 Å². The molecule has 0 spiro atoms. The quantitative estimate of drug-likeness (QED) is 0.333. The minimum absolute atomic E-state index is 0.0208. The molecule has 1 saturated heterocycles. The summed E-state index contributed by atoms with van der Waals surface area (Å²) in [5.41, 5.74) is 1.36. The van der Waals surface area contributed by atoms with Gasteiger partial charge in [-0.1, -0.05) is 24.3 Å². The number of carbonyl (C=O) groups excluding carboxylic acids is 2. The summed E-state index contributed by atoms with van der Waals surface area (Å²) in [5.74, 6) is -2.04. The van der Waals surface area contributed by atoms with E-state index in [1.54, 1.807) is 24.3 Å². The van der Waals surface area contributed by atoms with E-state index in [4.69, 9.17) is 19.5 Å². The first-order valence-electron chi connectivity index (χ1n) is 10.6. The molecular weight excluding hydrogens is 415 g/mol. The molecule has 1 atom stereocenters. The van der Waals surface area contributed by atoms with Gasteiger partial charge < -0.3 is 29.7 Å². The Morgan fingerprint density at radius 3 is 1.91 bits per heavy atom. The zero-order chi connectivity index (χ0) is 23.2. The molecule has 0 amide bonds. The van der Waals surface area contributed by atoms with Crippen LogP contribution in [0.3, 0.4) is 0 Å². The van der Waals surface area contributed by atoms with E-state index in [0.717, 1.165) is 0 Å². The van der Waals surface area contributed by atoms with Crippen LogP contribution in [0.1, 0.15) is 56.3 Å². The average molecular weight is 440 g/mol. The van der Waals surface area contributed by atoms with E-state index in [2.05, 4.69) is 0 Å². The highest BCUT2D eigenvalue weighted by molar-refractivity contribution is 6.39. The number of phenols is 2. The molecule has 1 fully saturated rings. The van der Waals surface area contributed by atoms with Crippen molar-refractivity contribution in [1.82, 2.24) is 0 Å². The van der Waals surface area contributed by atoms with Crippen molar-refractivity contribution in [1.29, 1.82) is 0 Å². The number of phenolic OH excluding ortho intramolecular Hbond substituents is 2. The number of hydrogen-bond acceptors (Lipinski definition) is 8. The summed E-state index contributed by atoms with van der Waals surface area (Å²) in [6, 6.07) is 6.49. The van der Waals surface area contributed by atoms with Crippen molar-refractivity contribution in [2.75, 3.05) is 13.2 Å². The molecule has 1 heterocycles. The maximum absolute atomic E-state index is 13.0. The van der Waals surface area contributed by atoms with Crippen LogP contribution in [0.2, 0.25) is 6.82 Å². The zero-order valence-electron chi connectivity index (χ0n) is 17.9. The van der Waals surface area contributed by atoms with Gasteiger partial charge in [-0.3, -0.25) is 9.59 Å². The highest BCUT2D eigenvalue weighted by Crippen LogP contribution is 2.48. The maximum atomic E-state index is 13.0. The van der Waals surface area contributed by atoms with Crippen molar-refractivity contribution in [3.05, 3.63) is 57.6 Å². The van der Waals surface area contributed by atoms with Crippen LogP contribution in [0.5, 0.6) is 11.5 Å². The van der Waals surface area contributed by atoms with Crippen molar-refractivity contribution in [2.45, 2.75) is 38.8 Å². The third-order valence-corrected chi connectivity index (χ3v) is 6.33. The maximum Gasteiger partial charge on any atom is 0.448 e. The molecule has 2 aromatic rings. The predicted molar refractivity (Wildman–Crippen MR) is 115 cm³/mol. The summed E-state index contributed by atoms with van der Waals surface area (Å²) >= 11 is 0. The Morgan fingerprint density at radius 2 is 1.41 bits per heavy atom. The Hall–Kier alpha value is -2.72. The van der Waals surface area contributed by atoms with E-state index < -0.39 is 24.5 Å². The summed E-state index contributed by atoms with van der Waals surface area (Å²) in [6.07, 6.45) is 1.56. The molecule has 168 valence electrons. The summed E-state index contributed by atoms with van der Waals surface area (Å²) < 4.78 is 11.5. The largest absolute Gasteiger partial charge is 0.507 e. The Balaban J connectivity index is 0.000000567. The lowest BCUT2D eigenvalue weighted by Gasteiger charge is -2.37. The van der Waals surface area contributed by atoms with Crippen LogP contribution in [0, 0.1) is 5.92 Å². The molecule has 0 radical (unpaired) electrons. The summed E-state index contributed by atoms with van der Waals surface area (Å²) in [6.45, 7) is 4.20. The minimum atomic E-state index is -1.17. The van der Waals surface area contributed by atoms with Gasteiger partial charge in [-0.15, -0.1) is 0 Å². The number of hydrogen-bond donors (Lipinski definition) is 4. The van der Waals surface area contributed by atoms with E-state index in [0.29, 0.717) is 43.6 Å². The van der Waals surface area contributed by atoms with Crippen molar-refractivity contribution < 1.29 is 39.3 Å². The fourth-order valence-corrected chi connectivity index (χ4v) is 4.78. The molecule has 32 heavy (non-hydrogen) atoms. The molecule has 2 aromatic carbocycles. The second-order valence-corrected chi connectivity index (χ2v) is 8.39. The fraction of sp³-hybridized carbons (Fsp3) is 0.391. The van der Waals surface area contributed by atoms with Crippen molar-refractivity contribution >= 4 is 18.7 Å². The van der Waals surface area contributed by atoms with Gasteiger partial charge in [0.05, 0.1) is 24.3 Å². The first-order chi connectivity index (χ1) is 15.2. The lowest BCUT2D eigenvalue weighted by atomic mass is 9.74. The number of ether oxygens (including phenoxy) is 2. The molecule has 5 rings (SSSR count). The van der Waals surface area contributed by atoms with Crippen LogP contribution in [0.25, 0.3) is 0 Å². The molecular formula is C23H25BO8. The van der Waals surface area contributed by atoms with Crippen LogP contribution in [0.15, 0.2) is 24.3 Å². The summed E-state index contributed by atoms with van der Waals surface area (Å²) in [4.78, 5) is 26.0. The molecule has 1 unspecified atom stereocenters. The summed E-state index contributed by atoms with van der Waals surface area (Å²) in [7, 11) is -1.17. The first kappa shape index (κ1) is 22.5. The minimum Gasteiger partial charge on any atom is -0.507 e. The van der Waals surface area contributed by atoms with E-state index in [9.17, 15) is 19.8 Å². The van der Waals surface area contributed by atoms with Gasteiger partial charge in [0.25, 0.3) is 0 Å². The molecule has 4 N–H and O–H groups in total. The van der Waals surface area contributed by atoms with Gasteiger partial charge in [-0.05, 0) is 33.0 Å². The molecule has 0 aromatic heterocycles. The molecule has 2 aliphatic carbocycles. The van der Waals surface area contributed by atoms with Gasteiger partial charge in [0, 0.05) is 28.2 Å². The first-order valence-corrected chi connectivity index (χ1v) is 10.6. The van der Waals surface area contributed by atoms with Crippen LogP contribution in [-0.4, -0.2) is 57.9 Å². The highest BCUT2D eigenvalue weighted by Gasteiger charge is 2.44. The second kappa shape index (κ2) is 8.33. The highest BCUT2D eigenvalue weighted by atomic mass is 16.7. The molecule has 0 bridgehead atoms. The standard InChI is InChI=1S/C22H20O6.CH5BO2/c1-22(27-8-9-28-22)11-6-7-14-15(10-11)21(26)17-16(20(14)25)18(23)12-4-2-3-5-13(12)19(17)24;1-2(3)4/h2-5,11,25-26H,6-10H2,1H3;3-4H,1H3.